The zero-order valence-electron chi connectivity index (χ0n) is 8.03. The lowest BCUT2D eigenvalue weighted by Gasteiger charge is -2.04. The number of alkyl halides is 1. The summed E-state index contributed by atoms with van der Waals surface area (Å²) in [6.45, 7) is 0.490. The van der Waals surface area contributed by atoms with Gasteiger partial charge in [0.25, 0.3) is 5.91 Å². The zero-order chi connectivity index (χ0) is 11.3. The summed E-state index contributed by atoms with van der Waals surface area (Å²) in [6.07, 6.45) is 0.692. The molecule has 0 fully saturated rings. The van der Waals surface area contributed by atoms with Crippen LogP contribution in [0.25, 0.3) is 0 Å². The number of amides is 1. The molecule has 1 amide bonds. The van der Waals surface area contributed by atoms with E-state index in [4.69, 9.17) is 21.8 Å². The van der Waals surface area contributed by atoms with Gasteiger partial charge in [0.05, 0.1) is 0 Å². The first kappa shape index (κ1) is 11.7. The molecule has 0 atom stereocenters. The number of halogens is 1. The molecule has 0 saturated carbocycles. The van der Waals surface area contributed by atoms with Crippen LogP contribution in [0.5, 0.6) is 11.5 Å². The van der Waals surface area contributed by atoms with Crippen molar-refractivity contribution in [2.45, 2.75) is 6.42 Å². The van der Waals surface area contributed by atoms with Gasteiger partial charge in [0.15, 0.2) is 11.5 Å². The summed E-state index contributed by atoms with van der Waals surface area (Å²) >= 11 is 5.45. The Morgan fingerprint density at radius 3 is 2.67 bits per heavy atom. The van der Waals surface area contributed by atoms with Gasteiger partial charge in [-0.3, -0.25) is 4.79 Å². The molecule has 0 saturated heterocycles. The van der Waals surface area contributed by atoms with Crippen LogP contribution in [0.2, 0.25) is 0 Å². The normalized spacial score (nSPS) is 9.93. The van der Waals surface area contributed by atoms with Gasteiger partial charge in [-0.2, -0.15) is 0 Å². The van der Waals surface area contributed by atoms with Crippen molar-refractivity contribution in [3.8, 4) is 11.5 Å². The van der Waals surface area contributed by atoms with Gasteiger partial charge in [-0.1, -0.05) is 0 Å². The Kier molecular flexibility index (Phi) is 4.24. The van der Waals surface area contributed by atoms with Crippen LogP contribution in [0.4, 0.5) is 0 Å². The van der Waals surface area contributed by atoms with E-state index in [2.05, 4.69) is 5.32 Å². The summed E-state index contributed by atoms with van der Waals surface area (Å²) in [4.78, 5) is 11.4. The van der Waals surface area contributed by atoms with Crippen LogP contribution in [-0.4, -0.2) is 28.5 Å². The minimum absolute atomic E-state index is 0.243. The van der Waals surface area contributed by atoms with Gasteiger partial charge in [0.1, 0.15) is 0 Å². The highest BCUT2D eigenvalue weighted by Gasteiger charge is 2.07. The quantitative estimate of drug-likeness (QED) is 0.416. The van der Waals surface area contributed by atoms with Gasteiger partial charge >= 0.3 is 0 Å². The molecule has 0 heterocycles. The first-order valence-corrected chi connectivity index (χ1v) is 5.04. The maximum Gasteiger partial charge on any atom is 0.251 e. The lowest BCUT2D eigenvalue weighted by Crippen LogP contribution is -2.24. The minimum Gasteiger partial charge on any atom is -0.504 e. The summed E-state index contributed by atoms with van der Waals surface area (Å²) in [5.41, 5.74) is 0.305. The number of benzene rings is 1. The third kappa shape index (κ3) is 3.32. The van der Waals surface area contributed by atoms with Crippen molar-refractivity contribution < 1.29 is 15.0 Å². The van der Waals surface area contributed by atoms with Crippen molar-refractivity contribution in [1.82, 2.24) is 5.32 Å². The fourth-order valence-corrected chi connectivity index (χ4v) is 1.17. The Hall–Kier alpha value is -1.42. The summed E-state index contributed by atoms with van der Waals surface area (Å²) in [7, 11) is 0. The monoisotopic (exact) mass is 229 g/mol. The maximum atomic E-state index is 11.4. The molecule has 1 aromatic rings. The molecule has 1 rings (SSSR count). The van der Waals surface area contributed by atoms with Gasteiger partial charge in [0, 0.05) is 18.0 Å². The summed E-state index contributed by atoms with van der Waals surface area (Å²) < 4.78 is 0. The number of hydrogen-bond acceptors (Lipinski definition) is 3. The number of phenolic OH excluding ortho intramolecular Hbond substituents is 2. The molecular formula is C10H12ClNO3. The third-order valence-corrected chi connectivity index (χ3v) is 2.10. The molecule has 0 aromatic heterocycles. The van der Waals surface area contributed by atoms with Crippen LogP contribution in [0, 0.1) is 0 Å². The lowest BCUT2D eigenvalue weighted by molar-refractivity contribution is 0.0953. The van der Waals surface area contributed by atoms with Crippen LogP contribution in [-0.2, 0) is 0 Å². The molecule has 82 valence electrons. The Balaban J connectivity index is 2.62. The first-order chi connectivity index (χ1) is 7.15. The Labute approximate surface area is 92.5 Å². The number of rotatable bonds is 4. The van der Waals surface area contributed by atoms with Gasteiger partial charge in [-0.25, -0.2) is 0 Å². The highest BCUT2D eigenvalue weighted by molar-refractivity contribution is 6.17. The van der Waals surface area contributed by atoms with E-state index in [-0.39, 0.29) is 17.4 Å². The molecule has 15 heavy (non-hydrogen) atoms. The van der Waals surface area contributed by atoms with Gasteiger partial charge in [0.2, 0.25) is 0 Å². The predicted molar refractivity (Wildman–Crippen MR) is 57.4 cm³/mol. The van der Waals surface area contributed by atoms with Crippen molar-refractivity contribution in [3.63, 3.8) is 0 Å². The first-order valence-electron chi connectivity index (χ1n) is 4.51. The van der Waals surface area contributed by atoms with Gasteiger partial charge < -0.3 is 15.5 Å². The standard InChI is InChI=1S/C10H12ClNO3/c11-4-1-5-12-10(15)7-2-3-8(13)9(14)6-7/h2-3,6,13-14H,1,4-5H2,(H,12,15). The van der Waals surface area contributed by atoms with E-state index in [0.29, 0.717) is 24.4 Å². The average Bonchev–Trinajstić information content (AvgIpc) is 2.22. The van der Waals surface area contributed by atoms with Gasteiger partial charge in [-0.15, -0.1) is 11.6 Å². The zero-order valence-corrected chi connectivity index (χ0v) is 8.79. The fourth-order valence-electron chi connectivity index (χ4n) is 1.04. The molecule has 0 aliphatic rings. The molecule has 0 radical (unpaired) electrons. The molecule has 0 aliphatic carbocycles. The lowest BCUT2D eigenvalue weighted by atomic mass is 10.2. The molecule has 0 unspecified atom stereocenters. The summed E-state index contributed by atoms with van der Waals surface area (Å²) in [5.74, 6) is -0.357. The van der Waals surface area contributed by atoms with Crippen molar-refractivity contribution in [2.24, 2.45) is 0 Å². The average molecular weight is 230 g/mol. The van der Waals surface area contributed by atoms with Gasteiger partial charge in [-0.05, 0) is 24.6 Å². The SMILES string of the molecule is O=C(NCCCCl)c1ccc(O)c(O)c1. The second-order valence-corrected chi connectivity index (χ2v) is 3.38. The number of nitrogens with one attached hydrogen (secondary N) is 1. The maximum absolute atomic E-state index is 11.4. The van der Waals surface area contributed by atoms with Crippen LogP contribution in [0.15, 0.2) is 18.2 Å². The van der Waals surface area contributed by atoms with E-state index in [1.165, 1.54) is 18.2 Å². The molecular weight excluding hydrogens is 218 g/mol. The second-order valence-electron chi connectivity index (χ2n) is 3.00. The Bertz CT molecular complexity index is 355. The number of aromatic hydroxyl groups is 2. The Morgan fingerprint density at radius 1 is 1.33 bits per heavy atom. The largest absolute Gasteiger partial charge is 0.504 e. The minimum atomic E-state index is -0.306. The van der Waals surface area contributed by atoms with E-state index < -0.39 is 0 Å². The smallest absolute Gasteiger partial charge is 0.251 e. The molecule has 0 bridgehead atoms. The molecule has 0 aliphatic heterocycles. The Morgan fingerprint density at radius 2 is 2.07 bits per heavy atom. The third-order valence-electron chi connectivity index (χ3n) is 1.83. The number of carbonyl (C=O) groups is 1. The van der Waals surface area contributed by atoms with E-state index in [1.54, 1.807) is 0 Å². The van der Waals surface area contributed by atoms with Crippen LogP contribution in [0.1, 0.15) is 16.8 Å². The van der Waals surface area contributed by atoms with Crippen LogP contribution >= 0.6 is 11.6 Å². The van der Waals surface area contributed by atoms with Crippen LogP contribution in [0.3, 0.4) is 0 Å². The molecule has 4 nitrogen and oxygen atoms in total. The van der Waals surface area contributed by atoms with Crippen molar-refractivity contribution in [1.29, 1.82) is 0 Å². The van der Waals surface area contributed by atoms with Crippen molar-refractivity contribution >= 4 is 17.5 Å². The predicted octanol–water partition coefficient (Wildman–Crippen LogP) is 1.46. The highest BCUT2D eigenvalue weighted by atomic mass is 35.5. The molecule has 3 N–H and O–H groups in total. The number of carbonyl (C=O) groups excluding carboxylic acids is 1. The van der Waals surface area contributed by atoms with E-state index in [1.807, 2.05) is 0 Å². The van der Waals surface area contributed by atoms with Crippen molar-refractivity contribution in [3.05, 3.63) is 23.8 Å². The van der Waals surface area contributed by atoms with Crippen molar-refractivity contribution in [2.75, 3.05) is 12.4 Å². The van der Waals surface area contributed by atoms with Crippen LogP contribution < -0.4 is 5.32 Å². The number of hydrogen-bond donors (Lipinski definition) is 3. The van der Waals surface area contributed by atoms with E-state index >= 15 is 0 Å². The summed E-state index contributed by atoms with van der Waals surface area (Å²) in [5, 5.41) is 20.8. The van der Waals surface area contributed by atoms with E-state index in [0.717, 1.165) is 0 Å². The number of phenols is 2. The molecule has 5 heteroatoms. The highest BCUT2D eigenvalue weighted by Crippen LogP contribution is 2.24. The second kappa shape index (κ2) is 5.46. The molecule has 1 aromatic carbocycles. The van der Waals surface area contributed by atoms with E-state index in [9.17, 15) is 4.79 Å². The summed E-state index contributed by atoms with van der Waals surface area (Å²) in [6, 6.07) is 3.92. The molecule has 0 spiro atoms. The topological polar surface area (TPSA) is 69.6 Å². The fraction of sp³-hybridized carbons (Fsp3) is 0.300.